The van der Waals surface area contributed by atoms with Crippen molar-refractivity contribution in [3.63, 3.8) is 0 Å². The minimum atomic E-state index is -0.320. The molecule has 1 aliphatic rings. The Kier molecular flexibility index (Phi) is 4.20. The average molecular weight is 255 g/mol. The van der Waals surface area contributed by atoms with Crippen LogP contribution in [0.3, 0.4) is 0 Å². The lowest BCUT2D eigenvalue weighted by Crippen LogP contribution is -2.18. The fourth-order valence-corrected chi connectivity index (χ4v) is 3.35. The molecule has 1 aromatic heterocycles. The zero-order valence-corrected chi connectivity index (χ0v) is 11.1. The molecule has 2 atom stereocenters. The van der Waals surface area contributed by atoms with Crippen molar-refractivity contribution >= 4 is 17.6 Å². The van der Waals surface area contributed by atoms with Crippen LogP contribution in [0, 0.1) is 12.7 Å². The maximum Gasteiger partial charge on any atom is 0.186 e. The van der Waals surface area contributed by atoms with E-state index in [1.165, 1.54) is 12.7 Å². The van der Waals surface area contributed by atoms with Crippen molar-refractivity contribution in [2.75, 3.05) is 11.1 Å². The van der Waals surface area contributed by atoms with E-state index in [0.717, 1.165) is 18.6 Å². The van der Waals surface area contributed by atoms with E-state index in [1.54, 1.807) is 6.92 Å². The Morgan fingerprint density at radius 2 is 2.29 bits per heavy atom. The number of hydrogen-bond donors (Lipinski definition) is 1. The minimum Gasteiger partial charge on any atom is -0.365 e. The molecule has 17 heavy (non-hydrogen) atoms. The summed E-state index contributed by atoms with van der Waals surface area (Å²) in [4.78, 5) is 7.80. The number of thioether (sulfide) groups is 1. The van der Waals surface area contributed by atoms with Gasteiger partial charge in [-0.05, 0) is 31.9 Å². The highest BCUT2D eigenvalue weighted by Gasteiger charge is 2.25. The molecule has 0 aromatic carbocycles. The van der Waals surface area contributed by atoms with Gasteiger partial charge in [0, 0.05) is 11.3 Å². The molecule has 0 aliphatic heterocycles. The summed E-state index contributed by atoms with van der Waals surface area (Å²) < 4.78 is 13.7. The van der Waals surface area contributed by atoms with E-state index >= 15 is 0 Å². The van der Waals surface area contributed by atoms with Crippen molar-refractivity contribution < 1.29 is 4.39 Å². The van der Waals surface area contributed by atoms with E-state index in [-0.39, 0.29) is 5.82 Å². The van der Waals surface area contributed by atoms with E-state index in [9.17, 15) is 4.39 Å². The summed E-state index contributed by atoms with van der Waals surface area (Å²) in [5, 5.41) is 3.91. The second-order valence-corrected chi connectivity index (χ2v) is 5.93. The lowest BCUT2D eigenvalue weighted by molar-refractivity contribution is 0.599. The predicted molar refractivity (Wildman–Crippen MR) is 69.9 cm³/mol. The number of rotatable bonds is 4. The highest BCUT2D eigenvalue weighted by molar-refractivity contribution is 7.99. The van der Waals surface area contributed by atoms with Gasteiger partial charge in [-0.25, -0.2) is 14.4 Å². The highest BCUT2D eigenvalue weighted by atomic mass is 32.2. The Morgan fingerprint density at radius 3 is 3.06 bits per heavy atom. The number of nitrogens with zero attached hydrogens (tertiary/aromatic N) is 2. The zero-order valence-electron chi connectivity index (χ0n) is 10.2. The molecule has 2 rings (SSSR count). The van der Waals surface area contributed by atoms with E-state index in [0.29, 0.717) is 22.8 Å². The zero-order chi connectivity index (χ0) is 12.3. The molecule has 1 aliphatic carbocycles. The minimum absolute atomic E-state index is 0.320. The first-order chi connectivity index (χ1) is 8.20. The van der Waals surface area contributed by atoms with Gasteiger partial charge in [-0.2, -0.15) is 11.8 Å². The van der Waals surface area contributed by atoms with Crippen molar-refractivity contribution in [3.05, 3.63) is 17.8 Å². The van der Waals surface area contributed by atoms with Crippen LogP contribution in [0.4, 0.5) is 10.2 Å². The third kappa shape index (κ3) is 3.09. The van der Waals surface area contributed by atoms with Gasteiger partial charge in [-0.15, -0.1) is 0 Å². The summed E-state index contributed by atoms with van der Waals surface area (Å²) in [5.74, 6) is 1.18. The van der Waals surface area contributed by atoms with Gasteiger partial charge in [0.2, 0.25) is 0 Å². The first-order valence-corrected chi connectivity index (χ1v) is 7.10. The van der Waals surface area contributed by atoms with E-state index < -0.39 is 0 Å². The van der Waals surface area contributed by atoms with E-state index in [1.807, 2.05) is 11.8 Å². The molecule has 1 fully saturated rings. The third-order valence-electron chi connectivity index (χ3n) is 3.09. The molecule has 0 spiro atoms. The number of nitrogens with one attached hydrogen (secondary N) is 1. The summed E-state index contributed by atoms with van der Waals surface area (Å²) in [5.41, 5.74) is 0.403. The van der Waals surface area contributed by atoms with Crippen LogP contribution >= 0.6 is 11.8 Å². The predicted octanol–water partition coefficient (Wildman–Crippen LogP) is 3.01. The van der Waals surface area contributed by atoms with Crippen LogP contribution in [0.2, 0.25) is 0 Å². The topological polar surface area (TPSA) is 37.8 Å². The fourth-order valence-electron chi connectivity index (χ4n) is 2.21. The fraction of sp³-hybridized carbons (Fsp3) is 0.667. The van der Waals surface area contributed by atoms with Gasteiger partial charge in [-0.3, -0.25) is 0 Å². The maximum atomic E-state index is 13.7. The van der Waals surface area contributed by atoms with Gasteiger partial charge in [0.15, 0.2) is 11.6 Å². The Hall–Kier alpha value is -0.840. The lowest BCUT2D eigenvalue weighted by atomic mass is 10.2. The van der Waals surface area contributed by atoms with Crippen LogP contribution in [0.15, 0.2) is 6.33 Å². The molecule has 1 saturated carbocycles. The second-order valence-electron chi connectivity index (χ2n) is 4.35. The molecule has 0 amide bonds. The molecular formula is C12H18FN3S. The Labute approximate surface area is 106 Å². The number of aromatic nitrogens is 2. The number of aryl methyl sites for hydroxylation is 1. The lowest BCUT2D eigenvalue weighted by Gasteiger charge is -2.14. The molecule has 94 valence electrons. The maximum absolute atomic E-state index is 13.7. The first-order valence-electron chi connectivity index (χ1n) is 6.06. The average Bonchev–Trinajstić information content (AvgIpc) is 2.73. The number of anilines is 1. The number of halogens is 1. The van der Waals surface area contributed by atoms with Crippen LogP contribution in [0.1, 0.15) is 31.9 Å². The Balaban J connectivity index is 1.96. The summed E-state index contributed by atoms with van der Waals surface area (Å²) in [6.07, 6.45) is 4.82. The van der Waals surface area contributed by atoms with Crippen LogP contribution in [-0.2, 0) is 0 Å². The summed E-state index contributed by atoms with van der Waals surface area (Å²) in [6, 6.07) is 0.350. The smallest absolute Gasteiger partial charge is 0.186 e. The van der Waals surface area contributed by atoms with Crippen molar-refractivity contribution in [3.8, 4) is 0 Å². The molecule has 5 heteroatoms. The van der Waals surface area contributed by atoms with Crippen molar-refractivity contribution in [2.45, 2.75) is 44.4 Å². The molecular weight excluding hydrogens is 237 g/mol. The van der Waals surface area contributed by atoms with Gasteiger partial charge in [-0.1, -0.05) is 6.92 Å². The van der Waals surface area contributed by atoms with Crippen molar-refractivity contribution in [1.82, 2.24) is 9.97 Å². The van der Waals surface area contributed by atoms with Crippen molar-refractivity contribution in [2.24, 2.45) is 0 Å². The van der Waals surface area contributed by atoms with Crippen LogP contribution < -0.4 is 5.32 Å². The first kappa shape index (κ1) is 12.6. The second kappa shape index (κ2) is 5.67. The van der Waals surface area contributed by atoms with Crippen molar-refractivity contribution in [1.29, 1.82) is 0 Å². The molecule has 1 N–H and O–H groups in total. The molecule has 3 nitrogen and oxygen atoms in total. The SMILES string of the molecule is CCSC1CCC(Nc2ncnc(C)c2F)C1. The molecule has 1 heterocycles. The van der Waals surface area contributed by atoms with Gasteiger partial charge < -0.3 is 5.32 Å². The normalized spacial score (nSPS) is 23.9. The Bertz CT molecular complexity index is 386. The largest absolute Gasteiger partial charge is 0.365 e. The van der Waals surface area contributed by atoms with Gasteiger partial charge >= 0.3 is 0 Å². The number of hydrogen-bond acceptors (Lipinski definition) is 4. The molecule has 0 radical (unpaired) electrons. The molecule has 0 bridgehead atoms. The molecule has 1 aromatic rings. The molecule has 0 saturated heterocycles. The Morgan fingerprint density at radius 1 is 1.47 bits per heavy atom. The van der Waals surface area contributed by atoms with Crippen LogP contribution in [0.25, 0.3) is 0 Å². The van der Waals surface area contributed by atoms with Crippen LogP contribution in [-0.4, -0.2) is 27.0 Å². The highest BCUT2D eigenvalue weighted by Crippen LogP contribution is 2.31. The quantitative estimate of drug-likeness (QED) is 0.897. The summed E-state index contributed by atoms with van der Waals surface area (Å²) in [7, 11) is 0. The summed E-state index contributed by atoms with van der Waals surface area (Å²) >= 11 is 1.99. The van der Waals surface area contributed by atoms with Gasteiger partial charge in [0.1, 0.15) is 6.33 Å². The third-order valence-corrected chi connectivity index (χ3v) is 4.32. The van der Waals surface area contributed by atoms with E-state index in [4.69, 9.17) is 0 Å². The standard InChI is InChI=1S/C12H18FN3S/c1-3-17-10-5-4-9(6-10)16-12-11(13)8(2)14-7-15-12/h7,9-10H,3-6H2,1-2H3,(H,14,15,16). The monoisotopic (exact) mass is 255 g/mol. The molecule has 2 unspecified atom stereocenters. The van der Waals surface area contributed by atoms with E-state index in [2.05, 4.69) is 22.2 Å². The van der Waals surface area contributed by atoms with Crippen LogP contribution in [0.5, 0.6) is 0 Å². The van der Waals surface area contributed by atoms with Gasteiger partial charge in [0.25, 0.3) is 0 Å². The van der Waals surface area contributed by atoms with Gasteiger partial charge in [0.05, 0.1) is 5.69 Å². The summed E-state index contributed by atoms with van der Waals surface area (Å²) in [6.45, 7) is 3.84.